The quantitative estimate of drug-likeness (QED) is 0.361. The lowest BCUT2D eigenvalue weighted by atomic mass is 10.1. The Labute approximate surface area is 178 Å². The maximum absolute atomic E-state index is 13.5. The molecule has 0 radical (unpaired) electrons. The van der Waals surface area contributed by atoms with Crippen LogP contribution in [0.2, 0.25) is 0 Å². The van der Waals surface area contributed by atoms with Crippen LogP contribution < -0.4 is 4.90 Å². The molecule has 4 rings (SSSR count). The maximum atomic E-state index is 13.5. The molecule has 1 aromatic heterocycles. The fourth-order valence-electron chi connectivity index (χ4n) is 3.87. The minimum absolute atomic E-state index is 0.0271. The number of rotatable bonds is 4. The van der Waals surface area contributed by atoms with Crippen molar-refractivity contribution in [2.24, 2.45) is 0 Å². The standard InChI is InChI=1S/C23H21N3O5/c1-3-31-23(28)21-11-9-18-14-25(20-7-5-4-6-17(20)13-24(18)21)22(27)16-8-10-19(26(29)30)15(2)12-16/h4-12H,3,13-14H2,1-2H3. The van der Waals surface area contributed by atoms with E-state index in [1.54, 1.807) is 24.8 Å². The largest absolute Gasteiger partial charge is 0.461 e. The number of ether oxygens (including phenoxy) is 1. The minimum Gasteiger partial charge on any atom is -0.461 e. The Bertz CT molecular complexity index is 1200. The van der Waals surface area contributed by atoms with Gasteiger partial charge in [0.2, 0.25) is 0 Å². The minimum atomic E-state index is -0.464. The number of aromatic nitrogens is 1. The zero-order valence-corrected chi connectivity index (χ0v) is 17.2. The van der Waals surface area contributed by atoms with Crippen LogP contribution in [-0.4, -0.2) is 28.0 Å². The summed E-state index contributed by atoms with van der Waals surface area (Å²) in [5.74, 6) is -0.671. The number of hydrogen-bond acceptors (Lipinski definition) is 5. The van der Waals surface area contributed by atoms with E-state index in [2.05, 4.69) is 0 Å². The first-order valence-corrected chi connectivity index (χ1v) is 9.91. The molecular weight excluding hydrogens is 398 g/mol. The Morgan fingerprint density at radius 1 is 1.10 bits per heavy atom. The molecule has 0 atom stereocenters. The lowest BCUT2D eigenvalue weighted by molar-refractivity contribution is -0.385. The molecule has 31 heavy (non-hydrogen) atoms. The number of nitro benzene ring substituents is 1. The third-order valence-electron chi connectivity index (χ3n) is 5.37. The first-order chi connectivity index (χ1) is 14.9. The SMILES string of the molecule is CCOC(=O)c1ccc2n1Cc1ccccc1N(C(=O)c1ccc([N+](=O)[O-])c(C)c1)C2. The van der Waals surface area contributed by atoms with Crippen LogP contribution >= 0.6 is 0 Å². The van der Waals surface area contributed by atoms with Crippen LogP contribution in [0.15, 0.2) is 54.6 Å². The molecule has 2 heterocycles. The molecule has 2 aromatic carbocycles. The summed E-state index contributed by atoms with van der Waals surface area (Å²) in [5.41, 5.74) is 3.62. The molecule has 1 aliphatic rings. The average molecular weight is 419 g/mol. The Kier molecular flexibility index (Phi) is 5.29. The normalized spacial score (nSPS) is 12.5. The number of anilines is 1. The van der Waals surface area contributed by atoms with Crippen molar-refractivity contribution in [2.75, 3.05) is 11.5 Å². The topological polar surface area (TPSA) is 94.7 Å². The van der Waals surface area contributed by atoms with Crippen molar-refractivity contribution in [3.63, 3.8) is 0 Å². The highest BCUT2D eigenvalue weighted by Gasteiger charge is 2.28. The number of esters is 1. The number of carbonyl (C=O) groups is 2. The molecule has 0 aliphatic carbocycles. The van der Waals surface area contributed by atoms with E-state index in [4.69, 9.17) is 4.74 Å². The second-order valence-electron chi connectivity index (χ2n) is 7.29. The highest BCUT2D eigenvalue weighted by molar-refractivity contribution is 6.06. The van der Waals surface area contributed by atoms with Gasteiger partial charge in [0.15, 0.2) is 0 Å². The number of para-hydroxylation sites is 1. The molecule has 0 unspecified atom stereocenters. The first kappa shape index (κ1) is 20.3. The first-order valence-electron chi connectivity index (χ1n) is 9.91. The molecule has 8 nitrogen and oxygen atoms in total. The number of aryl methyl sites for hydroxylation is 1. The zero-order valence-electron chi connectivity index (χ0n) is 17.2. The van der Waals surface area contributed by atoms with Gasteiger partial charge in [-0.25, -0.2) is 4.79 Å². The summed E-state index contributed by atoms with van der Waals surface area (Å²) in [6, 6.07) is 15.4. The fourth-order valence-corrected chi connectivity index (χ4v) is 3.87. The lowest BCUT2D eigenvalue weighted by Gasteiger charge is -2.23. The fraction of sp³-hybridized carbons (Fsp3) is 0.217. The van der Waals surface area contributed by atoms with Crippen molar-refractivity contribution in [1.82, 2.24) is 4.57 Å². The summed E-state index contributed by atoms with van der Waals surface area (Å²) in [6.07, 6.45) is 0. The van der Waals surface area contributed by atoms with Crippen LogP contribution in [0.5, 0.6) is 0 Å². The Morgan fingerprint density at radius 2 is 1.87 bits per heavy atom. The summed E-state index contributed by atoms with van der Waals surface area (Å²) in [5, 5.41) is 11.1. The van der Waals surface area contributed by atoms with Gasteiger partial charge in [-0.3, -0.25) is 14.9 Å². The second kappa shape index (κ2) is 8.06. The van der Waals surface area contributed by atoms with Crippen molar-refractivity contribution in [3.05, 3.63) is 92.8 Å². The molecule has 8 heteroatoms. The van der Waals surface area contributed by atoms with Crippen molar-refractivity contribution < 1.29 is 19.2 Å². The number of benzene rings is 2. The van der Waals surface area contributed by atoms with Crippen LogP contribution in [-0.2, 0) is 17.8 Å². The number of carbonyl (C=O) groups excluding carboxylic acids is 2. The van der Waals surface area contributed by atoms with Crippen molar-refractivity contribution >= 4 is 23.3 Å². The molecule has 0 saturated heterocycles. The Hall–Kier alpha value is -3.94. The maximum Gasteiger partial charge on any atom is 0.354 e. The molecule has 1 aliphatic heterocycles. The summed E-state index contributed by atoms with van der Waals surface area (Å²) < 4.78 is 7.04. The van der Waals surface area contributed by atoms with Gasteiger partial charge < -0.3 is 14.2 Å². The van der Waals surface area contributed by atoms with Gasteiger partial charge in [-0.1, -0.05) is 18.2 Å². The van der Waals surface area contributed by atoms with Gasteiger partial charge >= 0.3 is 5.97 Å². The molecule has 3 aromatic rings. The summed E-state index contributed by atoms with van der Waals surface area (Å²) in [6.45, 7) is 4.33. The van der Waals surface area contributed by atoms with E-state index in [9.17, 15) is 19.7 Å². The summed E-state index contributed by atoms with van der Waals surface area (Å²) >= 11 is 0. The molecule has 0 spiro atoms. The number of amides is 1. The van der Waals surface area contributed by atoms with E-state index >= 15 is 0 Å². The molecule has 0 fully saturated rings. The Morgan fingerprint density at radius 3 is 2.58 bits per heavy atom. The zero-order chi connectivity index (χ0) is 22.1. The molecule has 158 valence electrons. The second-order valence-corrected chi connectivity index (χ2v) is 7.29. The highest BCUT2D eigenvalue weighted by atomic mass is 16.6. The van der Waals surface area contributed by atoms with E-state index in [1.807, 2.05) is 34.9 Å². The number of nitrogens with zero attached hydrogens (tertiary/aromatic N) is 3. The van der Waals surface area contributed by atoms with Crippen LogP contribution in [0.4, 0.5) is 11.4 Å². The van der Waals surface area contributed by atoms with Crippen LogP contribution in [0.3, 0.4) is 0 Å². The predicted molar refractivity (Wildman–Crippen MR) is 114 cm³/mol. The van der Waals surface area contributed by atoms with E-state index in [-0.39, 0.29) is 24.7 Å². The van der Waals surface area contributed by atoms with Crippen LogP contribution in [0, 0.1) is 17.0 Å². The summed E-state index contributed by atoms with van der Waals surface area (Å²) in [4.78, 5) is 38.1. The van der Waals surface area contributed by atoms with Gasteiger partial charge in [-0.2, -0.15) is 0 Å². The molecule has 0 saturated carbocycles. The highest BCUT2D eigenvalue weighted by Crippen LogP contribution is 2.31. The third kappa shape index (κ3) is 3.68. The third-order valence-corrected chi connectivity index (χ3v) is 5.37. The van der Waals surface area contributed by atoms with E-state index in [0.717, 1.165) is 16.9 Å². The van der Waals surface area contributed by atoms with Crippen LogP contribution in [0.1, 0.15) is 44.6 Å². The van der Waals surface area contributed by atoms with Crippen molar-refractivity contribution in [2.45, 2.75) is 26.9 Å². The van der Waals surface area contributed by atoms with Crippen molar-refractivity contribution in [1.29, 1.82) is 0 Å². The average Bonchev–Trinajstić information content (AvgIpc) is 3.06. The number of nitro groups is 1. The van der Waals surface area contributed by atoms with Gasteiger partial charge in [-0.15, -0.1) is 0 Å². The summed E-state index contributed by atoms with van der Waals surface area (Å²) in [7, 11) is 0. The van der Waals surface area contributed by atoms with E-state index < -0.39 is 10.9 Å². The molecule has 0 N–H and O–H groups in total. The van der Waals surface area contributed by atoms with Gasteiger partial charge in [0.25, 0.3) is 11.6 Å². The smallest absolute Gasteiger partial charge is 0.354 e. The van der Waals surface area contributed by atoms with Gasteiger partial charge in [0.05, 0.1) is 24.6 Å². The predicted octanol–water partition coefficient (Wildman–Crippen LogP) is 4.09. The van der Waals surface area contributed by atoms with Gasteiger partial charge in [-0.05, 0) is 49.7 Å². The number of hydrogen-bond donors (Lipinski definition) is 0. The van der Waals surface area contributed by atoms with Gasteiger partial charge in [0, 0.05) is 28.6 Å². The van der Waals surface area contributed by atoms with E-state index in [0.29, 0.717) is 23.4 Å². The van der Waals surface area contributed by atoms with Crippen molar-refractivity contribution in [3.8, 4) is 0 Å². The monoisotopic (exact) mass is 419 g/mol. The Balaban J connectivity index is 1.77. The van der Waals surface area contributed by atoms with Crippen LogP contribution in [0.25, 0.3) is 0 Å². The number of fused-ring (bicyclic) bond motifs is 2. The van der Waals surface area contributed by atoms with E-state index in [1.165, 1.54) is 18.2 Å². The molecule has 1 amide bonds. The lowest BCUT2D eigenvalue weighted by Crippen LogP contribution is -2.30. The molecule has 0 bridgehead atoms. The molecular formula is C23H21N3O5. The van der Waals surface area contributed by atoms with Gasteiger partial charge in [0.1, 0.15) is 5.69 Å².